The SMILES string of the molecule is CC(C)NC(=O)c1cnn2c1CC(CNC(=O)c1ccc(-n3cccc3)cc1)CC2. The van der Waals surface area contributed by atoms with Crippen molar-refractivity contribution in [2.24, 2.45) is 5.92 Å². The lowest BCUT2D eigenvalue weighted by molar-refractivity contribution is 0.0930. The number of nitrogens with one attached hydrogen (secondary N) is 2. The summed E-state index contributed by atoms with van der Waals surface area (Å²) < 4.78 is 3.91. The number of benzene rings is 1. The van der Waals surface area contributed by atoms with Gasteiger partial charge in [-0.25, -0.2) is 0 Å². The van der Waals surface area contributed by atoms with Crippen molar-refractivity contribution < 1.29 is 9.59 Å². The van der Waals surface area contributed by atoms with Crippen molar-refractivity contribution in [2.75, 3.05) is 6.54 Å². The molecule has 7 nitrogen and oxygen atoms in total. The number of hydrogen-bond donors (Lipinski definition) is 2. The summed E-state index contributed by atoms with van der Waals surface area (Å²) in [7, 11) is 0. The van der Waals surface area contributed by atoms with Crippen LogP contribution in [0.25, 0.3) is 5.69 Å². The molecule has 0 saturated heterocycles. The summed E-state index contributed by atoms with van der Waals surface area (Å²) in [4.78, 5) is 25.0. The number of nitrogens with zero attached hydrogens (tertiary/aromatic N) is 3. The summed E-state index contributed by atoms with van der Waals surface area (Å²) in [6.45, 7) is 5.22. The van der Waals surface area contributed by atoms with Gasteiger partial charge in [-0.3, -0.25) is 14.3 Å². The summed E-state index contributed by atoms with van der Waals surface area (Å²) in [5.74, 6) is 0.118. The van der Waals surface area contributed by atoms with Gasteiger partial charge >= 0.3 is 0 Å². The Kier molecular flexibility index (Phi) is 5.70. The first-order chi connectivity index (χ1) is 14.5. The zero-order valence-electron chi connectivity index (χ0n) is 17.3. The van der Waals surface area contributed by atoms with E-state index in [0.717, 1.165) is 30.8 Å². The smallest absolute Gasteiger partial charge is 0.254 e. The lowest BCUT2D eigenvalue weighted by atomic mass is 9.94. The minimum absolute atomic E-state index is 0.0779. The second-order valence-corrected chi connectivity index (χ2v) is 8.06. The Hall–Kier alpha value is -3.35. The van der Waals surface area contributed by atoms with Crippen LogP contribution in [0.4, 0.5) is 0 Å². The molecule has 0 radical (unpaired) electrons. The highest BCUT2D eigenvalue weighted by atomic mass is 16.2. The highest BCUT2D eigenvalue weighted by Crippen LogP contribution is 2.23. The summed E-state index contributed by atoms with van der Waals surface area (Å²) in [5.41, 5.74) is 3.25. The maximum atomic E-state index is 12.6. The molecule has 0 bridgehead atoms. The van der Waals surface area contributed by atoms with Gasteiger partial charge in [-0.15, -0.1) is 0 Å². The highest BCUT2D eigenvalue weighted by Gasteiger charge is 2.25. The molecule has 0 aliphatic carbocycles. The van der Waals surface area contributed by atoms with Crippen LogP contribution < -0.4 is 10.6 Å². The molecule has 1 aliphatic heterocycles. The molecule has 0 fully saturated rings. The highest BCUT2D eigenvalue weighted by molar-refractivity contribution is 5.95. The van der Waals surface area contributed by atoms with E-state index in [1.807, 2.05) is 71.9 Å². The topological polar surface area (TPSA) is 81.0 Å². The first-order valence-corrected chi connectivity index (χ1v) is 10.4. The lowest BCUT2D eigenvalue weighted by Crippen LogP contribution is -2.35. The molecule has 2 amide bonds. The van der Waals surface area contributed by atoms with Gasteiger partial charge in [-0.05, 0) is 69.0 Å². The van der Waals surface area contributed by atoms with Crippen LogP contribution in [0, 0.1) is 5.92 Å². The van der Waals surface area contributed by atoms with Gasteiger partial charge in [0.1, 0.15) is 0 Å². The Balaban J connectivity index is 1.35. The van der Waals surface area contributed by atoms with E-state index in [4.69, 9.17) is 0 Å². The minimum Gasteiger partial charge on any atom is -0.352 e. The van der Waals surface area contributed by atoms with Crippen LogP contribution in [0.1, 0.15) is 46.7 Å². The van der Waals surface area contributed by atoms with Crippen molar-refractivity contribution in [2.45, 2.75) is 39.3 Å². The van der Waals surface area contributed by atoms with Crippen molar-refractivity contribution in [3.05, 3.63) is 71.8 Å². The Morgan fingerprint density at radius 2 is 1.87 bits per heavy atom. The van der Waals surface area contributed by atoms with Crippen molar-refractivity contribution in [3.8, 4) is 5.69 Å². The van der Waals surface area contributed by atoms with Crippen molar-refractivity contribution in [1.82, 2.24) is 25.0 Å². The van der Waals surface area contributed by atoms with Crippen molar-refractivity contribution in [1.29, 1.82) is 0 Å². The molecule has 0 spiro atoms. The van der Waals surface area contributed by atoms with Gasteiger partial charge in [0, 0.05) is 42.8 Å². The summed E-state index contributed by atoms with van der Waals surface area (Å²) >= 11 is 0. The zero-order valence-corrected chi connectivity index (χ0v) is 17.3. The number of fused-ring (bicyclic) bond motifs is 1. The third-order valence-electron chi connectivity index (χ3n) is 5.43. The van der Waals surface area contributed by atoms with Crippen LogP contribution >= 0.6 is 0 Å². The van der Waals surface area contributed by atoms with Crippen LogP contribution in [0.5, 0.6) is 0 Å². The van der Waals surface area contributed by atoms with E-state index in [9.17, 15) is 9.59 Å². The van der Waals surface area contributed by atoms with Gasteiger partial charge in [0.2, 0.25) is 0 Å². The first kappa shape index (κ1) is 19.9. The molecule has 0 saturated carbocycles. The first-order valence-electron chi connectivity index (χ1n) is 10.4. The second kappa shape index (κ2) is 8.57. The van der Waals surface area contributed by atoms with E-state index >= 15 is 0 Å². The molecule has 2 aromatic heterocycles. The Labute approximate surface area is 176 Å². The van der Waals surface area contributed by atoms with Crippen molar-refractivity contribution >= 4 is 11.8 Å². The van der Waals surface area contributed by atoms with E-state index in [0.29, 0.717) is 17.7 Å². The van der Waals surface area contributed by atoms with Crippen LogP contribution in [-0.2, 0) is 13.0 Å². The molecule has 7 heteroatoms. The standard InChI is InChI=1S/C23H27N5O2/c1-16(2)26-23(30)20-15-25-28-12-9-17(13-21(20)28)14-24-22(29)18-5-7-19(8-6-18)27-10-3-4-11-27/h3-8,10-11,15-17H,9,12-14H2,1-2H3,(H,24,29)(H,26,30). The fourth-order valence-corrected chi connectivity index (χ4v) is 3.83. The fourth-order valence-electron chi connectivity index (χ4n) is 3.83. The van der Waals surface area contributed by atoms with Crippen LogP contribution in [0.3, 0.4) is 0 Å². The van der Waals surface area contributed by atoms with Gasteiger partial charge < -0.3 is 15.2 Å². The lowest BCUT2D eigenvalue weighted by Gasteiger charge is -2.24. The van der Waals surface area contributed by atoms with Gasteiger partial charge in [0.15, 0.2) is 0 Å². The maximum Gasteiger partial charge on any atom is 0.254 e. The molecule has 1 aliphatic rings. The van der Waals surface area contributed by atoms with Gasteiger partial charge in [0.25, 0.3) is 11.8 Å². The number of amides is 2. The average molecular weight is 406 g/mol. The second-order valence-electron chi connectivity index (χ2n) is 8.06. The average Bonchev–Trinajstić information content (AvgIpc) is 3.41. The molecule has 30 heavy (non-hydrogen) atoms. The monoisotopic (exact) mass is 405 g/mol. The van der Waals surface area contributed by atoms with E-state index < -0.39 is 0 Å². The summed E-state index contributed by atoms with van der Waals surface area (Å²) in [6, 6.07) is 11.6. The molecule has 3 heterocycles. The Morgan fingerprint density at radius 3 is 2.57 bits per heavy atom. The minimum atomic E-state index is -0.0845. The largest absolute Gasteiger partial charge is 0.352 e. The maximum absolute atomic E-state index is 12.6. The van der Waals surface area contributed by atoms with Crippen LogP contribution in [0.15, 0.2) is 55.0 Å². The number of carbonyl (C=O) groups excluding carboxylic acids is 2. The zero-order chi connectivity index (χ0) is 21.1. The number of rotatable bonds is 6. The molecule has 156 valence electrons. The quantitative estimate of drug-likeness (QED) is 0.662. The fraction of sp³-hybridized carbons (Fsp3) is 0.348. The number of aromatic nitrogens is 3. The van der Waals surface area contributed by atoms with Crippen molar-refractivity contribution in [3.63, 3.8) is 0 Å². The summed E-state index contributed by atoms with van der Waals surface area (Å²) in [6.07, 6.45) is 7.25. The summed E-state index contributed by atoms with van der Waals surface area (Å²) in [5, 5.41) is 10.3. The molecular formula is C23H27N5O2. The molecule has 3 aromatic rings. The van der Waals surface area contributed by atoms with Gasteiger partial charge in [0.05, 0.1) is 17.5 Å². The normalized spacial score (nSPS) is 15.6. The molecule has 2 N–H and O–H groups in total. The van der Waals surface area contributed by atoms with E-state index in [1.54, 1.807) is 6.20 Å². The molecule has 4 rings (SSSR count). The Morgan fingerprint density at radius 1 is 1.13 bits per heavy atom. The molecular weight excluding hydrogens is 378 g/mol. The molecule has 1 aromatic carbocycles. The predicted octanol–water partition coefficient (Wildman–Crippen LogP) is 2.80. The van der Waals surface area contributed by atoms with E-state index in [-0.39, 0.29) is 23.8 Å². The van der Waals surface area contributed by atoms with E-state index in [2.05, 4.69) is 15.7 Å². The van der Waals surface area contributed by atoms with Crippen LogP contribution in [-0.4, -0.2) is 38.7 Å². The van der Waals surface area contributed by atoms with Gasteiger partial charge in [-0.1, -0.05) is 0 Å². The number of carbonyl (C=O) groups is 2. The molecule has 1 unspecified atom stereocenters. The molecule has 1 atom stereocenters. The third-order valence-corrected chi connectivity index (χ3v) is 5.43. The number of aryl methyl sites for hydroxylation is 1. The third kappa shape index (κ3) is 4.30. The van der Waals surface area contributed by atoms with E-state index in [1.165, 1.54) is 0 Å². The van der Waals surface area contributed by atoms with Gasteiger partial charge in [-0.2, -0.15) is 5.10 Å². The number of hydrogen-bond acceptors (Lipinski definition) is 3. The van der Waals surface area contributed by atoms with Crippen LogP contribution in [0.2, 0.25) is 0 Å². The Bertz CT molecular complexity index is 1020. The predicted molar refractivity (Wildman–Crippen MR) is 115 cm³/mol.